The van der Waals surface area contributed by atoms with Gasteiger partial charge in [-0.2, -0.15) is 5.10 Å². The van der Waals surface area contributed by atoms with Crippen LogP contribution in [0.4, 0.5) is 4.39 Å². The summed E-state index contributed by atoms with van der Waals surface area (Å²) in [5, 5.41) is 7.27. The maximum absolute atomic E-state index is 13.0. The Morgan fingerprint density at radius 2 is 1.73 bits per heavy atom. The number of aromatic nitrogens is 2. The van der Waals surface area contributed by atoms with Crippen LogP contribution >= 0.6 is 0 Å². The van der Waals surface area contributed by atoms with Gasteiger partial charge in [0.25, 0.3) is 5.91 Å². The predicted octanol–water partition coefficient (Wildman–Crippen LogP) is 2.14. The van der Waals surface area contributed by atoms with Crippen molar-refractivity contribution >= 4 is 11.8 Å². The highest BCUT2D eigenvalue weighted by Gasteiger charge is 2.35. The summed E-state index contributed by atoms with van der Waals surface area (Å²) in [5.74, 6) is -0.0207. The van der Waals surface area contributed by atoms with E-state index in [0.29, 0.717) is 24.5 Å². The molecule has 2 heterocycles. The highest BCUT2D eigenvalue weighted by molar-refractivity contribution is 5.92. The fourth-order valence-electron chi connectivity index (χ4n) is 3.27. The van der Waals surface area contributed by atoms with Gasteiger partial charge in [0.15, 0.2) is 5.69 Å². The summed E-state index contributed by atoms with van der Waals surface area (Å²) in [7, 11) is 0. The number of amides is 2. The zero-order chi connectivity index (χ0) is 18.1. The lowest BCUT2D eigenvalue weighted by molar-refractivity contribution is -0.133. The van der Waals surface area contributed by atoms with Crippen LogP contribution in [0.1, 0.15) is 36.2 Å². The number of likely N-dealkylation sites (tertiary alicyclic amines) is 1. The van der Waals surface area contributed by atoms with E-state index in [1.54, 1.807) is 29.1 Å². The minimum absolute atomic E-state index is 0.0572. The van der Waals surface area contributed by atoms with E-state index in [1.165, 1.54) is 12.1 Å². The van der Waals surface area contributed by atoms with Crippen LogP contribution in [-0.4, -0.2) is 45.6 Å². The van der Waals surface area contributed by atoms with Crippen molar-refractivity contribution in [3.8, 4) is 5.69 Å². The van der Waals surface area contributed by atoms with Gasteiger partial charge in [0.2, 0.25) is 5.91 Å². The van der Waals surface area contributed by atoms with E-state index in [-0.39, 0.29) is 29.6 Å². The quantitative estimate of drug-likeness (QED) is 0.913. The lowest BCUT2D eigenvalue weighted by Gasteiger charge is -2.32. The molecular weight excluding hydrogens is 335 g/mol. The first-order valence-corrected chi connectivity index (χ1v) is 9.01. The van der Waals surface area contributed by atoms with Crippen molar-refractivity contribution in [1.82, 2.24) is 20.0 Å². The largest absolute Gasteiger partial charge is 0.348 e. The van der Waals surface area contributed by atoms with Gasteiger partial charge >= 0.3 is 0 Å². The average Bonchev–Trinajstić information content (AvgIpc) is 3.39. The summed E-state index contributed by atoms with van der Waals surface area (Å²) in [6, 6.07) is 7.63. The Bertz CT molecular complexity index is 805. The van der Waals surface area contributed by atoms with Crippen molar-refractivity contribution in [3.63, 3.8) is 0 Å². The SMILES string of the molecule is O=C(NC1CCN(C(=O)C2CC2)CC1)c1ccn(-c2ccc(F)cc2)n1. The molecule has 0 atom stereocenters. The summed E-state index contributed by atoms with van der Waals surface area (Å²) in [6.07, 6.45) is 5.25. The number of halogens is 1. The molecule has 136 valence electrons. The Balaban J connectivity index is 1.32. The monoisotopic (exact) mass is 356 g/mol. The fraction of sp³-hybridized carbons (Fsp3) is 0.421. The first-order valence-electron chi connectivity index (χ1n) is 9.01. The number of piperidine rings is 1. The van der Waals surface area contributed by atoms with Gasteiger partial charge in [-0.1, -0.05) is 0 Å². The van der Waals surface area contributed by atoms with Gasteiger partial charge in [-0.15, -0.1) is 0 Å². The fourth-order valence-corrected chi connectivity index (χ4v) is 3.27. The number of rotatable bonds is 4. The van der Waals surface area contributed by atoms with Crippen LogP contribution in [0.2, 0.25) is 0 Å². The molecule has 1 aliphatic carbocycles. The number of benzene rings is 1. The summed E-state index contributed by atoms with van der Waals surface area (Å²) in [6.45, 7) is 1.40. The molecule has 2 amide bonds. The first kappa shape index (κ1) is 16.8. The first-order chi connectivity index (χ1) is 12.6. The molecule has 2 fully saturated rings. The third kappa shape index (κ3) is 3.61. The van der Waals surface area contributed by atoms with Crippen LogP contribution in [0.5, 0.6) is 0 Å². The van der Waals surface area contributed by atoms with Gasteiger partial charge in [-0.05, 0) is 56.0 Å². The van der Waals surface area contributed by atoms with Crippen molar-refractivity contribution in [3.05, 3.63) is 48.0 Å². The molecule has 0 unspecified atom stereocenters. The van der Waals surface area contributed by atoms with Crippen LogP contribution < -0.4 is 5.32 Å². The number of hydrogen-bond donors (Lipinski definition) is 1. The van der Waals surface area contributed by atoms with Crippen molar-refractivity contribution in [2.45, 2.75) is 31.7 Å². The van der Waals surface area contributed by atoms with Gasteiger partial charge < -0.3 is 10.2 Å². The van der Waals surface area contributed by atoms with Crippen LogP contribution in [0.25, 0.3) is 5.69 Å². The topological polar surface area (TPSA) is 67.2 Å². The van der Waals surface area contributed by atoms with E-state index < -0.39 is 0 Å². The molecule has 0 radical (unpaired) electrons. The zero-order valence-electron chi connectivity index (χ0n) is 14.4. The van der Waals surface area contributed by atoms with Crippen LogP contribution in [0.3, 0.4) is 0 Å². The molecule has 6 nitrogen and oxygen atoms in total. The second-order valence-corrected chi connectivity index (χ2v) is 6.97. The Morgan fingerprint density at radius 3 is 2.38 bits per heavy atom. The lowest BCUT2D eigenvalue weighted by Crippen LogP contribution is -2.47. The molecular formula is C19H21FN4O2. The molecule has 1 saturated heterocycles. The maximum Gasteiger partial charge on any atom is 0.272 e. The van der Waals surface area contributed by atoms with Crippen LogP contribution in [0.15, 0.2) is 36.5 Å². The zero-order valence-corrected chi connectivity index (χ0v) is 14.4. The van der Waals surface area contributed by atoms with E-state index in [4.69, 9.17) is 0 Å². The van der Waals surface area contributed by atoms with Crippen molar-refractivity contribution < 1.29 is 14.0 Å². The molecule has 0 bridgehead atoms. The smallest absolute Gasteiger partial charge is 0.272 e. The van der Waals surface area contributed by atoms with Crippen molar-refractivity contribution in [2.75, 3.05) is 13.1 Å². The van der Waals surface area contributed by atoms with Crippen LogP contribution in [-0.2, 0) is 4.79 Å². The summed E-state index contributed by atoms with van der Waals surface area (Å²) >= 11 is 0. The van der Waals surface area contributed by atoms with Crippen LogP contribution in [0, 0.1) is 11.7 Å². The Kier molecular flexibility index (Phi) is 4.44. The second-order valence-electron chi connectivity index (χ2n) is 6.97. The van der Waals surface area contributed by atoms with Crippen molar-refractivity contribution in [1.29, 1.82) is 0 Å². The Morgan fingerprint density at radius 1 is 1.04 bits per heavy atom. The molecule has 2 aromatic rings. The number of nitrogens with zero attached hydrogens (tertiary/aromatic N) is 3. The number of carbonyl (C=O) groups excluding carboxylic acids is 2. The molecule has 1 saturated carbocycles. The number of hydrogen-bond acceptors (Lipinski definition) is 3. The standard InChI is InChI=1S/C19H21FN4O2/c20-14-3-5-16(6-4-14)24-12-9-17(22-24)18(25)21-15-7-10-23(11-8-15)19(26)13-1-2-13/h3-6,9,12-13,15H,1-2,7-8,10-11H2,(H,21,25). The second kappa shape index (κ2) is 6.90. The number of nitrogens with one attached hydrogen (secondary N) is 1. The summed E-state index contributed by atoms with van der Waals surface area (Å²) < 4.78 is 14.5. The Hall–Kier alpha value is -2.70. The van der Waals surface area contributed by atoms with E-state index in [0.717, 1.165) is 25.7 Å². The van der Waals surface area contributed by atoms with E-state index in [2.05, 4.69) is 10.4 Å². The van der Waals surface area contributed by atoms with Gasteiger partial charge in [0.1, 0.15) is 5.82 Å². The predicted molar refractivity (Wildman–Crippen MR) is 93.3 cm³/mol. The minimum Gasteiger partial charge on any atom is -0.348 e. The molecule has 4 rings (SSSR count). The number of carbonyl (C=O) groups is 2. The summed E-state index contributed by atoms with van der Waals surface area (Å²) in [5.41, 5.74) is 1.02. The molecule has 1 N–H and O–H groups in total. The third-order valence-electron chi connectivity index (χ3n) is 4.98. The van der Waals surface area contributed by atoms with Gasteiger partial charge in [0.05, 0.1) is 5.69 Å². The minimum atomic E-state index is -0.314. The van der Waals surface area contributed by atoms with Gasteiger partial charge in [0, 0.05) is 31.2 Å². The van der Waals surface area contributed by atoms with E-state index in [1.807, 2.05) is 4.90 Å². The van der Waals surface area contributed by atoms with Gasteiger partial charge in [-0.3, -0.25) is 9.59 Å². The van der Waals surface area contributed by atoms with E-state index in [9.17, 15) is 14.0 Å². The van der Waals surface area contributed by atoms with Crippen molar-refractivity contribution in [2.24, 2.45) is 5.92 Å². The molecule has 7 heteroatoms. The lowest BCUT2D eigenvalue weighted by atomic mass is 10.0. The molecule has 1 aromatic heterocycles. The molecule has 0 spiro atoms. The Labute approximate surface area is 151 Å². The molecule has 1 aliphatic heterocycles. The highest BCUT2D eigenvalue weighted by Crippen LogP contribution is 2.31. The van der Waals surface area contributed by atoms with Gasteiger partial charge in [-0.25, -0.2) is 9.07 Å². The maximum atomic E-state index is 13.0. The third-order valence-corrected chi connectivity index (χ3v) is 4.98. The molecule has 26 heavy (non-hydrogen) atoms. The molecule has 1 aromatic carbocycles. The average molecular weight is 356 g/mol. The highest BCUT2D eigenvalue weighted by atomic mass is 19.1. The molecule has 2 aliphatic rings. The summed E-state index contributed by atoms with van der Waals surface area (Å²) in [4.78, 5) is 26.4. The normalized spacial score (nSPS) is 18.0. The van der Waals surface area contributed by atoms with E-state index >= 15 is 0 Å².